The molecule has 0 aliphatic heterocycles. The van der Waals surface area contributed by atoms with Crippen molar-refractivity contribution >= 4 is 23.5 Å². The molecule has 0 N–H and O–H groups in total. The van der Waals surface area contributed by atoms with Crippen molar-refractivity contribution in [2.75, 3.05) is 0 Å². The fourth-order valence-electron chi connectivity index (χ4n) is 9.52. The predicted molar refractivity (Wildman–Crippen MR) is 153 cm³/mol. The average molecular weight is 557 g/mol. The van der Waals surface area contributed by atoms with Gasteiger partial charge < -0.3 is 9.47 Å². The van der Waals surface area contributed by atoms with E-state index in [1.54, 1.807) is 31.2 Å². The van der Waals surface area contributed by atoms with Crippen molar-refractivity contribution in [3.05, 3.63) is 71.8 Å². The Labute approximate surface area is 242 Å². The van der Waals surface area contributed by atoms with E-state index in [4.69, 9.17) is 9.47 Å². The lowest BCUT2D eigenvalue weighted by Crippen LogP contribution is -2.64. The molecule has 2 aromatic rings. The van der Waals surface area contributed by atoms with Gasteiger partial charge in [0, 0.05) is 30.6 Å². The number of Topliss-reactive ketones (excluding diaryl/α,β-unsaturated/α-hetero) is 2. The molecule has 6 nitrogen and oxygen atoms in total. The van der Waals surface area contributed by atoms with Crippen LogP contribution in [0.25, 0.3) is 0 Å². The summed E-state index contributed by atoms with van der Waals surface area (Å²) in [6.45, 7) is 6.12. The zero-order valence-electron chi connectivity index (χ0n) is 24.2. The van der Waals surface area contributed by atoms with Crippen molar-refractivity contribution < 1.29 is 28.7 Å². The van der Waals surface area contributed by atoms with Crippen molar-refractivity contribution in [3.63, 3.8) is 0 Å². The molecule has 216 valence electrons. The quantitative estimate of drug-likeness (QED) is 0.392. The number of fused-ring (bicyclic) bond motifs is 5. The third-order valence-corrected chi connectivity index (χ3v) is 11.4. The first kappa shape index (κ1) is 27.9. The van der Waals surface area contributed by atoms with Gasteiger partial charge in [0.2, 0.25) is 0 Å². The highest BCUT2D eigenvalue weighted by molar-refractivity contribution is 5.90. The van der Waals surface area contributed by atoms with E-state index in [0.29, 0.717) is 36.8 Å². The number of benzene rings is 2. The highest BCUT2D eigenvalue weighted by Crippen LogP contribution is 2.68. The Morgan fingerprint density at radius 1 is 0.805 bits per heavy atom. The summed E-state index contributed by atoms with van der Waals surface area (Å²) in [6, 6.07) is 18.1. The molecule has 2 aromatic carbocycles. The van der Waals surface area contributed by atoms with Gasteiger partial charge in [-0.25, -0.2) is 9.59 Å². The summed E-state index contributed by atoms with van der Waals surface area (Å²) in [7, 11) is 0. The zero-order valence-corrected chi connectivity index (χ0v) is 24.2. The Morgan fingerprint density at radius 2 is 1.39 bits per heavy atom. The molecule has 0 heterocycles. The number of esters is 2. The molecule has 4 aliphatic rings. The molecule has 4 aliphatic carbocycles. The van der Waals surface area contributed by atoms with Crippen molar-refractivity contribution in [1.29, 1.82) is 0 Å². The van der Waals surface area contributed by atoms with Crippen molar-refractivity contribution in [2.24, 2.45) is 40.4 Å². The van der Waals surface area contributed by atoms with Gasteiger partial charge in [-0.05, 0) is 86.0 Å². The van der Waals surface area contributed by atoms with Crippen LogP contribution in [0.5, 0.6) is 0 Å². The second-order valence-electron chi connectivity index (χ2n) is 13.5. The van der Waals surface area contributed by atoms with Crippen LogP contribution >= 0.6 is 0 Å². The first-order chi connectivity index (χ1) is 19.6. The molecule has 0 aromatic heterocycles. The van der Waals surface area contributed by atoms with Gasteiger partial charge in [-0.3, -0.25) is 9.59 Å². The maximum Gasteiger partial charge on any atom is 0.338 e. The number of ketones is 2. The molecule has 4 fully saturated rings. The topological polar surface area (TPSA) is 86.7 Å². The first-order valence-corrected chi connectivity index (χ1v) is 15.2. The Hall–Kier alpha value is -3.28. The standard InChI is InChI=1S/C35H40O6/c1-21(36)26-14-15-27-30-28(40-32(38)22-10-6-4-7-11-22)19-24-18-25(37)16-17-34(24,2)31(30)29(20-35(26,27)3)41-33(39)23-12-8-5-9-13-23/h4-13,24,26-31H,14-20H2,1-3H3/t24-,26+,27-,28+,29+,30+,31-,34-,35+/m0/s1. The summed E-state index contributed by atoms with van der Waals surface area (Å²) in [5, 5.41) is 0. The van der Waals surface area contributed by atoms with Crippen LogP contribution in [0.15, 0.2) is 60.7 Å². The van der Waals surface area contributed by atoms with Gasteiger partial charge in [-0.1, -0.05) is 50.2 Å². The van der Waals surface area contributed by atoms with E-state index in [9.17, 15) is 19.2 Å². The third-order valence-electron chi connectivity index (χ3n) is 11.4. The highest BCUT2D eigenvalue weighted by atomic mass is 16.6. The number of carbonyl (C=O) groups is 4. The number of carbonyl (C=O) groups excluding carboxylic acids is 4. The van der Waals surface area contributed by atoms with Crippen LogP contribution in [0.2, 0.25) is 0 Å². The number of ether oxygens (including phenoxy) is 2. The molecule has 0 bridgehead atoms. The minimum Gasteiger partial charge on any atom is -0.458 e. The van der Waals surface area contributed by atoms with Crippen LogP contribution in [0.3, 0.4) is 0 Å². The lowest BCUT2D eigenvalue weighted by molar-refractivity contribution is -0.205. The largest absolute Gasteiger partial charge is 0.458 e. The van der Waals surface area contributed by atoms with Crippen molar-refractivity contribution in [1.82, 2.24) is 0 Å². The summed E-state index contributed by atoms with van der Waals surface area (Å²) in [4.78, 5) is 52.7. The highest BCUT2D eigenvalue weighted by Gasteiger charge is 2.67. The summed E-state index contributed by atoms with van der Waals surface area (Å²) in [6.07, 6.45) is 3.69. The number of hydrogen-bond acceptors (Lipinski definition) is 6. The molecular formula is C35H40O6. The summed E-state index contributed by atoms with van der Waals surface area (Å²) < 4.78 is 12.8. The zero-order chi connectivity index (χ0) is 28.9. The molecule has 9 atom stereocenters. The van der Waals surface area contributed by atoms with E-state index in [1.165, 1.54) is 0 Å². The van der Waals surface area contributed by atoms with E-state index < -0.39 is 12.2 Å². The minimum absolute atomic E-state index is 0.0332. The van der Waals surface area contributed by atoms with Crippen LogP contribution in [0, 0.1) is 40.4 Å². The fraction of sp³-hybridized carbons (Fsp3) is 0.543. The molecule has 41 heavy (non-hydrogen) atoms. The molecule has 0 amide bonds. The second kappa shape index (κ2) is 10.5. The fourth-order valence-corrected chi connectivity index (χ4v) is 9.52. The molecule has 0 radical (unpaired) electrons. The molecule has 6 rings (SSSR count). The van der Waals surface area contributed by atoms with E-state index in [-0.39, 0.29) is 63.9 Å². The second-order valence-corrected chi connectivity index (χ2v) is 13.5. The van der Waals surface area contributed by atoms with E-state index in [1.807, 2.05) is 36.4 Å². The van der Waals surface area contributed by atoms with Gasteiger partial charge in [-0.2, -0.15) is 0 Å². The first-order valence-electron chi connectivity index (χ1n) is 15.2. The molecule has 0 spiro atoms. The lowest BCUT2D eigenvalue weighted by Gasteiger charge is -2.63. The number of rotatable bonds is 5. The van der Waals surface area contributed by atoms with E-state index in [2.05, 4.69) is 13.8 Å². The van der Waals surface area contributed by atoms with Crippen LogP contribution in [0.1, 0.15) is 86.4 Å². The van der Waals surface area contributed by atoms with Crippen LogP contribution in [-0.2, 0) is 19.1 Å². The third kappa shape index (κ3) is 4.73. The Kier molecular flexibility index (Phi) is 7.15. The monoisotopic (exact) mass is 556 g/mol. The summed E-state index contributed by atoms with van der Waals surface area (Å²) in [5.74, 6) is -0.431. The van der Waals surface area contributed by atoms with Gasteiger partial charge in [0.25, 0.3) is 0 Å². The Morgan fingerprint density at radius 3 is 1.98 bits per heavy atom. The number of hydrogen-bond donors (Lipinski definition) is 0. The predicted octanol–water partition coefficient (Wildman–Crippen LogP) is 6.47. The maximum absolute atomic E-state index is 13.5. The smallest absolute Gasteiger partial charge is 0.338 e. The Balaban J connectivity index is 1.43. The molecule has 6 heteroatoms. The Bertz CT molecular complexity index is 1340. The molecular weight excluding hydrogens is 516 g/mol. The van der Waals surface area contributed by atoms with E-state index in [0.717, 1.165) is 19.3 Å². The van der Waals surface area contributed by atoms with Gasteiger partial charge in [0.05, 0.1) is 11.1 Å². The van der Waals surface area contributed by atoms with Gasteiger partial charge in [0.15, 0.2) is 0 Å². The molecule has 0 saturated heterocycles. The van der Waals surface area contributed by atoms with E-state index >= 15 is 0 Å². The molecule has 0 unspecified atom stereocenters. The minimum atomic E-state index is -0.451. The van der Waals surface area contributed by atoms with Crippen molar-refractivity contribution in [2.45, 2.75) is 77.9 Å². The average Bonchev–Trinajstić information content (AvgIpc) is 3.31. The van der Waals surface area contributed by atoms with Crippen LogP contribution in [0.4, 0.5) is 0 Å². The molecule has 4 saturated carbocycles. The normalized spacial score (nSPS) is 37.7. The van der Waals surface area contributed by atoms with Crippen molar-refractivity contribution in [3.8, 4) is 0 Å². The summed E-state index contributed by atoms with van der Waals surface area (Å²) in [5.41, 5.74) is 0.371. The van der Waals surface area contributed by atoms with Crippen LogP contribution < -0.4 is 0 Å². The van der Waals surface area contributed by atoms with Gasteiger partial charge >= 0.3 is 11.9 Å². The maximum atomic E-state index is 13.5. The lowest BCUT2D eigenvalue weighted by atomic mass is 9.43. The summed E-state index contributed by atoms with van der Waals surface area (Å²) >= 11 is 0. The van der Waals surface area contributed by atoms with Gasteiger partial charge in [0.1, 0.15) is 23.8 Å². The van der Waals surface area contributed by atoms with Gasteiger partial charge in [-0.15, -0.1) is 0 Å². The SMILES string of the molecule is CC(=O)[C@H]1CC[C@H]2[C@H]3[C@H]([C@H](OC(=O)c4ccccc4)C[C@]12C)[C@@]1(C)CCC(=O)C[C@H]1C[C@H]3OC(=O)c1ccccc1. The van der Waals surface area contributed by atoms with Crippen LogP contribution in [-0.4, -0.2) is 35.7 Å².